The Hall–Kier alpha value is -1.72. The predicted molar refractivity (Wildman–Crippen MR) is 75.3 cm³/mol. The molecule has 0 amide bonds. The number of thiophene rings is 1. The van der Waals surface area contributed by atoms with Crippen LogP contribution in [0.15, 0.2) is 36.7 Å². The molecule has 0 bridgehead atoms. The number of carboxylic acids is 1. The Kier molecular flexibility index (Phi) is 5.06. The third-order valence-electron chi connectivity index (χ3n) is 2.68. The first-order chi connectivity index (χ1) is 9.24. The SMILES string of the molecule is O=C(O)Cc1ccc(CNCCc2ccncc2)s1. The smallest absolute Gasteiger partial charge is 0.308 e. The van der Waals surface area contributed by atoms with Crippen LogP contribution in [-0.2, 0) is 24.2 Å². The van der Waals surface area contributed by atoms with Crippen molar-refractivity contribution in [1.29, 1.82) is 0 Å². The van der Waals surface area contributed by atoms with Gasteiger partial charge in [0, 0.05) is 28.7 Å². The third-order valence-corrected chi connectivity index (χ3v) is 3.77. The molecule has 0 atom stereocenters. The fourth-order valence-corrected chi connectivity index (χ4v) is 2.73. The lowest BCUT2D eigenvalue weighted by atomic mass is 10.2. The zero-order chi connectivity index (χ0) is 13.5. The van der Waals surface area contributed by atoms with Crippen LogP contribution in [0.25, 0.3) is 0 Å². The minimum atomic E-state index is -0.779. The number of rotatable bonds is 7. The van der Waals surface area contributed by atoms with Gasteiger partial charge < -0.3 is 10.4 Å². The maximum Gasteiger partial charge on any atom is 0.308 e. The van der Waals surface area contributed by atoms with Gasteiger partial charge in [0.2, 0.25) is 0 Å². The monoisotopic (exact) mass is 276 g/mol. The Balaban J connectivity index is 1.71. The highest BCUT2D eigenvalue weighted by Gasteiger charge is 2.04. The Labute approximate surface area is 116 Å². The van der Waals surface area contributed by atoms with Gasteiger partial charge in [-0.2, -0.15) is 0 Å². The van der Waals surface area contributed by atoms with Crippen molar-refractivity contribution in [1.82, 2.24) is 10.3 Å². The minimum Gasteiger partial charge on any atom is -0.481 e. The van der Waals surface area contributed by atoms with Crippen LogP contribution in [0.4, 0.5) is 0 Å². The van der Waals surface area contributed by atoms with Crippen LogP contribution in [-0.4, -0.2) is 22.6 Å². The average molecular weight is 276 g/mol. The number of aliphatic carboxylic acids is 1. The molecule has 2 aromatic rings. The van der Waals surface area contributed by atoms with E-state index in [0.29, 0.717) is 0 Å². The third kappa shape index (κ3) is 4.81. The van der Waals surface area contributed by atoms with E-state index >= 15 is 0 Å². The molecule has 5 heteroatoms. The van der Waals surface area contributed by atoms with Crippen molar-refractivity contribution >= 4 is 17.3 Å². The highest BCUT2D eigenvalue weighted by atomic mass is 32.1. The summed E-state index contributed by atoms with van der Waals surface area (Å²) in [5, 5.41) is 12.1. The molecule has 0 spiro atoms. The van der Waals surface area contributed by atoms with E-state index in [1.54, 1.807) is 23.7 Å². The number of carbonyl (C=O) groups is 1. The second-order valence-corrected chi connectivity index (χ2v) is 5.47. The molecule has 4 nitrogen and oxygen atoms in total. The largest absolute Gasteiger partial charge is 0.481 e. The van der Waals surface area contributed by atoms with Crippen LogP contribution < -0.4 is 5.32 Å². The topological polar surface area (TPSA) is 62.2 Å². The van der Waals surface area contributed by atoms with Gasteiger partial charge in [-0.25, -0.2) is 0 Å². The van der Waals surface area contributed by atoms with Crippen molar-refractivity contribution in [3.8, 4) is 0 Å². The number of nitrogens with one attached hydrogen (secondary N) is 1. The van der Waals surface area contributed by atoms with Crippen molar-refractivity contribution < 1.29 is 9.90 Å². The molecule has 0 aromatic carbocycles. The summed E-state index contributed by atoms with van der Waals surface area (Å²) in [5.41, 5.74) is 1.26. The van der Waals surface area contributed by atoms with Gasteiger partial charge in [0.15, 0.2) is 0 Å². The molecule has 2 heterocycles. The van der Waals surface area contributed by atoms with Crippen molar-refractivity contribution in [3.63, 3.8) is 0 Å². The molecule has 2 N–H and O–H groups in total. The predicted octanol–water partition coefficient (Wildman–Crippen LogP) is 2.10. The summed E-state index contributed by atoms with van der Waals surface area (Å²) in [4.78, 5) is 16.6. The number of carboxylic acid groups (broad SMARTS) is 1. The number of hydrogen-bond donors (Lipinski definition) is 2. The maximum absolute atomic E-state index is 10.6. The van der Waals surface area contributed by atoms with Crippen molar-refractivity contribution in [2.45, 2.75) is 19.4 Å². The summed E-state index contributed by atoms with van der Waals surface area (Å²) in [6.45, 7) is 1.69. The van der Waals surface area contributed by atoms with Crippen LogP contribution in [0, 0.1) is 0 Å². The van der Waals surface area contributed by atoms with E-state index in [9.17, 15) is 4.79 Å². The molecule has 19 heavy (non-hydrogen) atoms. The van der Waals surface area contributed by atoms with E-state index in [2.05, 4.69) is 10.3 Å². The zero-order valence-electron chi connectivity index (χ0n) is 10.5. The molecule has 0 unspecified atom stereocenters. The molecular weight excluding hydrogens is 260 g/mol. The normalized spacial score (nSPS) is 10.5. The fourth-order valence-electron chi connectivity index (χ4n) is 1.76. The lowest BCUT2D eigenvalue weighted by Gasteiger charge is -2.03. The molecule has 0 saturated heterocycles. The van der Waals surface area contributed by atoms with Gasteiger partial charge in [-0.3, -0.25) is 9.78 Å². The zero-order valence-corrected chi connectivity index (χ0v) is 11.3. The van der Waals surface area contributed by atoms with E-state index in [1.807, 2.05) is 24.3 Å². The summed E-state index contributed by atoms with van der Waals surface area (Å²) >= 11 is 1.55. The van der Waals surface area contributed by atoms with Crippen LogP contribution in [0.2, 0.25) is 0 Å². The van der Waals surface area contributed by atoms with E-state index < -0.39 is 5.97 Å². The second-order valence-electron chi connectivity index (χ2n) is 4.22. The molecule has 100 valence electrons. The number of aromatic nitrogens is 1. The summed E-state index contributed by atoms with van der Waals surface area (Å²) in [7, 11) is 0. The molecule has 0 saturated carbocycles. The maximum atomic E-state index is 10.6. The quantitative estimate of drug-likeness (QED) is 0.760. The number of hydrogen-bond acceptors (Lipinski definition) is 4. The van der Waals surface area contributed by atoms with Gasteiger partial charge in [0.1, 0.15) is 0 Å². The number of nitrogens with zero attached hydrogens (tertiary/aromatic N) is 1. The molecule has 0 aliphatic heterocycles. The first kappa shape index (κ1) is 13.7. The Morgan fingerprint density at radius 1 is 1.21 bits per heavy atom. The Morgan fingerprint density at radius 2 is 1.95 bits per heavy atom. The van der Waals surface area contributed by atoms with Gasteiger partial charge >= 0.3 is 5.97 Å². The molecule has 0 aliphatic rings. The first-order valence-corrected chi connectivity index (χ1v) is 6.94. The van der Waals surface area contributed by atoms with Crippen LogP contribution in [0.3, 0.4) is 0 Å². The highest BCUT2D eigenvalue weighted by Crippen LogP contribution is 2.16. The van der Waals surface area contributed by atoms with E-state index in [4.69, 9.17) is 5.11 Å². The molecule has 0 aliphatic carbocycles. The minimum absolute atomic E-state index is 0.113. The lowest BCUT2D eigenvalue weighted by Crippen LogP contribution is -2.15. The van der Waals surface area contributed by atoms with E-state index in [-0.39, 0.29) is 6.42 Å². The van der Waals surface area contributed by atoms with Crippen molar-refractivity contribution in [2.24, 2.45) is 0 Å². The van der Waals surface area contributed by atoms with E-state index in [1.165, 1.54) is 10.4 Å². The van der Waals surface area contributed by atoms with Gasteiger partial charge in [-0.05, 0) is 42.8 Å². The standard InChI is InChI=1S/C14H16N2O2S/c17-14(18)9-12-1-2-13(19-12)10-16-8-5-11-3-6-15-7-4-11/h1-4,6-7,16H,5,8-10H2,(H,17,18). The van der Waals surface area contributed by atoms with Gasteiger partial charge in [-0.15, -0.1) is 11.3 Å². The van der Waals surface area contributed by atoms with Crippen LogP contribution in [0.1, 0.15) is 15.3 Å². The summed E-state index contributed by atoms with van der Waals surface area (Å²) in [5.74, 6) is -0.779. The molecule has 0 radical (unpaired) electrons. The van der Waals surface area contributed by atoms with E-state index in [0.717, 1.165) is 24.4 Å². The summed E-state index contributed by atoms with van der Waals surface area (Å²) in [6.07, 6.45) is 4.68. The lowest BCUT2D eigenvalue weighted by molar-refractivity contribution is -0.136. The van der Waals surface area contributed by atoms with Crippen molar-refractivity contribution in [2.75, 3.05) is 6.54 Å². The Bertz CT molecular complexity index is 525. The first-order valence-electron chi connectivity index (χ1n) is 6.13. The number of pyridine rings is 1. The molecular formula is C14H16N2O2S. The van der Waals surface area contributed by atoms with Gasteiger partial charge in [0.05, 0.1) is 6.42 Å². The van der Waals surface area contributed by atoms with Crippen molar-refractivity contribution in [3.05, 3.63) is 52.0 Å². The van der Waals surface area contributed by atoms with Crippen LogP contribution in [0.5, 0.6) is 0 Å². The summed E-state index contributed by atoms with van der Waals surface area (Å²) < 4.78 is 0. The van der Waals surface area contributed by atoms with Crippen LogP contribution >= 0.6 is 11.3 Å². The second kappa shape index (κ2) is 7.01. The molecule has 0 fully saturated rings. The van der Waals surface area contributed by atoms with Gasteiger partial charge in [0.25, 0.3) is 0 Å². The highest BCUT2D eigenvalue weighted by molar-refractivity contribution is 7.12. The summed E-state index contributed by atoms with van der Waals surface area (Å²) in [6, 6.07) is 7.90. The average Bonchev–Trinajstić information content (AvgIpc) is 2.83. The van der Waals surface area contributed by atoms with Gasteiger partial charge in [-0.1, -0.05) is 0 Å². The molecule has 2 aromatic heterocycles. The fraction of sp³-hybridized carbons (Fsp3) is 0.286. The molecule has 2 rings (SSSR count). The Morgan fingerprint density at radius 3 is 2.68 bits per heavy atom.